The Morgan fingerprint density at radius 3 is 2.77 bits per heavy atom. The van der Waals surface area contributed by atoms with Gasteiger partial charge in [0.15, 0.2) is 5.96 Å². The topological polar surface area (TPSA) is 82.1 Å². The van der Waals surface area contributed by atoms with Crippen molar-refractivity contribution in [1.82, 2.24) is 5.32 Å². The molecule has 0 fully saturated rings. The van der Waals surface area contributed by atoms with Crippen molar-refractivity contribution in [3.8, 4) is 0 Å². The fraction of sp³-hybridized carbons (Fsp3) is 0.222. The Balaban J connectivity index is 2.61. The molecule has 0 radical (unpaired) electrons. The monoisotopic (exact) mass is 179 g/mol. The lowest BCUT2D eigenvalue weighted by Crippen LogP contribution is -2.29. The lowest BCUT2D eigenvalue weighted by molar-refractivity contribution is 0.281. The van der Waals surface area contributed by atoms with Crippen LogP contribution in [0, 0.1) is 5.41 Å². The Kier molecular flexibility index (Phi) is 3.28. The summed E-state index contributed by atoms with van der Waals surface area (Å²) < 4.78 is 0. The van der Waals surface area contributed by atoms with Crippen LogP contribution >= 0.6 is 0 Å². The molecule has 0 bridgehead atoms. The predicted molar refractivity (Wildman–Crippen MR) is 51.1 cm³/mol. The van der Waals surface area contributed by atoms with E-state index >= 15 is 0 Å². The van der Waals surface area contributed by atoms with Crippen LogP contribution in [0.1, 0.15) is 11.1 Å². The van der Waals surface area contributed by atoms with Gasteiger partial charge >= 0.3 is 0 Å². The van der Waals surface area contributed by atoms with Gasteiger partial charge in [-0.25, -0.2) is 0 Å². The molecule has 1 rings (SSSR count). The minimum atomic E-state index is -0.0469. The third kappa shape index (κ3) is 3.13. The molecule has 0 saturated heterocycles. The zero-order valence-corrected chi connectivity index (χ0v) is 7.25. The molecule has 0 aromatic heterocycles. The van der Waals surface area contributed by atoms with Gasteiger partial charge in [-0.3, -0.25) is 5.41 Å². The fourth-order valence-electron chi connectivity index (χ4n) is 1.04. The van der Waals surface area contributed by atoms with Crippen molar-refractivity contribution in [2.45, 2.75) is 13.2 Å². The van der Waals surface area contributed by atoms with Crippen LogP contribution in [0.2, 0.25) is 0 Å². The highest BCUT2D eigenvalue weighted by Gasteiger charge is 1.94. The van der Waals surface area contributed by atoms with Crippen LogP contribution < -0.4 is 11.1 Å². The second-order valence-corrected chi connectivity index (χ2v) is 2.75. The lowest BCUT2D eigenvalue weighted by Gasteiger charge is -2.04. The SMILES string of the molecule is N=C(N)NCc1cccc(CO)c1. The number of aliphatic hydroxyl groups excluding tert-OH is 1. The average molecular weight is 179 g/mol. The Labute approximate surface area is 76.9 Å². The van der Waals surface area contributed by atoms with Gasteiger partial charge in [-0.15, -0.1) is 0 Å². The number of aliphatic hydroxyl groups is 1. The highest BCUT2D eigenvalue weighted by atomic mass is 16.3. The van der Waals surface area contributed by atoms with Gasteiger partial charge in [-0.2, -0.15) is 0 Å². The normalized spacial score (nSPS) is 9.62. The van der Waals surface area contributed by atoms with Crippen molar-refractivity contribution >= 4 is 5.96 Å². The maximum atomic E-state index is 8.85. The molecule has 13 heavy (non-hydrogen) atoms. The van der Waals surface area contributed by atoms with Crippen LogP contribution in [0.15, 0.2) is 24.3 Å². The number of nitrogens with one attached hydrogen (secondary N) is 2. The van der Waals surface area contributed by atoms with E-state index < -0.39 is 0 Å². The number of rotatable bonds is 3. The highest BCUT2D eigenvalue weighted by molar-refractivity contribution is 5.74. The number of nitrogens with two attached hydrogens (primary N) is 1. The van der Waals surface area contributed by atoms with Gasteiger partial charge < -0.3 is 16.2 Å². The molecular weight excluding hydrogens is 166 g/mol. The van der Waals surface area contributed by atoms with Gasteiger partial charge in [0.25, 0.3) is 0 Å². The van der Waals surface area contributed by atoms with E-state index in [4.69, 9.17) is 16.2 Å². The molecule has 0 heterocycles. The summed E-state index contributed by atoms with van der Waals surface area (Å²) in [7, 11) is 0. The summed E-state index contributed by atoms with van der Waals surface area (Å²) in [5.74, 6) is -0.0469. The molecule has 0 aliphatic rings. The van der Waals surface area contributed by atoms with E-state index in [2.05, 4.69) is 5.32 Å². The van der Waals surface area contributed by atoms with Crippen molar-refractivity contribution in [3.63, 3.8) is 0 Å². The van der Waals surface area contributed by atoms with Crippen LogP contribution in [0.5, 0.6) is 0 Å². The Bertz CT molecular complexity index is 299. The van der Waals surface area contributed by atoms with E-state index in [-0.39, 0.29) is 12.6 Å². The van der Waals surface area contributed by atoms with Crippen LogP contribution in [0.3, 0.4) is 0 Å². The highest BCUT2D eigenvalue weighted by Crippen LogP contribution is 2.04. The Morgan fingerprint density at radius 2 is 2.15 bits per heavy atom. The molecule has 0 aliphatic heterocycles. The minimum absolute atomic E-state index is 0.0356. The van der Waals surface area contributed by atoms with E-state index in [1.54, 1.807) is 0 Å². The van der Waals surface area contributed by atoms with E-state index in [0.29, 0.717) is 6.54 Å². The van der Waals surface area contributed by atoms with Crippen molar-refractivity contribution in [1.29, 1.82) is 5.41 Å². The van der Waals surface area contributed by atoms with E-state index in [9.17, 15) is 0 Å². The zero-order valence-electron chi connectivity index (χ0n) is 7.25. The van der Waals surface area contributed by atoms with Crippen molar-refractivity contribution in [2.75, 3.05) is 0 Å². The first-order valence-corrected chi connectivity index (χ1v) is 3.99. The van der Waals surface area contributed by atoms with Crippen LogP contribution in [0.4, 0.5) is 0 Å². The molecule has 0 spiro atoms. The molecule has 0 saturated carbocycles. The van der Waals surface area contributed by atoms with Crippen molar-refractivity contribution < 1.29 is 5.11 Å². The first-order valence-electron chi connectivity index (χ1n) is 3.99. The van der Waals surface area contributed by atoms with Crippen molar-refractivity contribution in [3.05, 3.63) is 35.4 Å². The Hall–Kier alpha value is -1.55. The third-order valence-electron chi connectivity index (χ3n) is 1.66. The average Bonchev–Trinajstić information content (AvgIpc) is 2.15. The predicted octanol–water partition coefficient (Wildman–Crippen LogP) is 0.162. The van der Waals surface area contributed by atoms with Crippen LogP contribution in [0.25, 0.3) is 0 Å². The number of benzene rings is 1. The summed E-state index contributed by atoms with van der Waals surface area (Å²) in [6, 6.07) is 7.49. The molecule has 70 valence electrons. The zero-order chi connectivity index (χ0) is 9.68. The number of guanidine groups is 1. The largest absolute Gasteiger partial charge is 0.392 e. The molecule has 0 atom stereocenters. The molecule has 4 heteroatoms. The molecule has 0 amide bonds. The second-order valence-electron chi connectivity index (χ2n) is 2.75. The number of hydrogen-bond donors (Lipinski definition) is 4. The fourth-order valence-corrected chi connectivity index (χ4v) is 1.04. The van der Waals surface area contributed by atoms with Crippen LogP contribution in [-0.2, 0) is 13.2 Å². The molecule has 1 aromatic rings. The van der Waals surface area contributed by atoms with Crippen LogP contribution in [-0.4, -0.2) is 11.1 Å². The van der Waals surface area contributed by atoms with Gasteiger partial charge in [0.2, 0.25) is 0 Å². The molecule has 5 N–H and O–H groups in total. The van der Waals surface area contributed by atoms with Gasteiger partial charge in [0, 0.05) is 6.54 Å². The maximum absolute atomic E-state index is 8.85. The first-order chi connectivity index (χ1) is 6.22. The van der Waals surface area contributed by atoms with Gasteiger partial charge in [0.1, 0.15) is 0 Å². The summed E-state index contributed by atoms with van der Waals surface area (Å²) in [6.45, 7) is 0.553. The summed E-state index contributed by atoms with van der Waals surface area (Å²) in [4.78, 5) is 0. The first kappa shape index (κ1) is 9.54. The maximum Gasteiger partial charge on any atom is 0.185 e. The van der Waals surface area contributed by atoms with E-state index in [1.165, 1.54) is 0 Å². The van der Waals surface area contributed by atoms with Gasteiger partial charge in [0.05, 0.1) is 6.61 Å². The smallest absolute Gasteiger partial charge is 0.185 e. The summed E-state index contributed by atoms with van der Waals surface area (Å²) in [6.07, 6.45) is 0. The van der Waals surface area contributed by atoms with Gasteiger partial charge in [-0.05, 0) is 11.1 Å². The lowest BCUT2D eigenvalue weighted by atomic mass is 10.1. The molecule has 4 nitrogen and oxygen atoms in total. The summed E-state index contributed by atoms with van der Waals surface area (Å²) in [5, 5.41) is 18.5. The van der Waals surface area contributed by atoms with E-state index in [1.807, 2.05) is 24.3 Å². The second kappa shape index (κ2) is 4.47. The molecule has 1 aromatic carbocycles. The van der Waals surface area contributed by atoms with Gasteiger partial charge in [-0.1, -0.05) is 24.3 Å². The van der Waals surface area contributed by atoms with E-state index in [0.717, 1.165) is 11.1 Å². The molecular formula is C9H13N3O. The minimum Gasteiger partial charge on any atom is -0.392 e. The molecule has 0 aliphatic carbocycles. The standard InChI is InChI=1S/C9H13N3O/c10-9(11)12-5-7-2-1-3-8(4-7)6-13/h1-4,13H,5-6H2,(H4,10,11,12). The third-order valence-corrected chi connectivity index (χ3v) is 1.66. The Morgan fingerprint density at radius 1 is 1.46 bits per heavy atom. The summed E-state index contributed by atoms with van der Waals surface area (Å²) >= 11 is 0. The number of hydrogen-bond acceptors (Lipinski definition) is 2. The molecule has 0 unspecified atom stereocenters. The summed E-state index contributed by atoms with van der Waals surface area (Å²) in [5.41, 5.74) is 7.00. The van der Waals surface area contributed by atoms with Crippen molar-refractivity contribution in [2.24, 2.45) is 5.73 Å². The quantitative estimate of drug-likeness (QED) is 0.394.